The molecule has 4 nitrogen and oxygen atoms in total. The van der Waals surface area contributed by atoms with Gasteiger partial charge in [0.2, 0.25) is 0 Å². The van der Waals surface area contributed by atoms with Crippen LogP contribution in [-0.2, 0) is 0 Å². The number of furan rings is 1. The van der Waals surface area contributed by atoms with Crippen LogP contribution in [0, 0.1) is 0 Å². The molecule has 56 heavy (non-hydrogen) atoms. The summed E-state index contributed by atoms with van der Waals surface area (Å²) in [4.78, 5) is 15.7. The molecule has 0 radical (unpaired) electrons. The molecular formula is C51H31N3OS. The lowest BCUT2D eigenvalue weighted by molar-refractivity contribution is 0.670. The second-order valence-corrected chi connectivity index (χ2v) is 15.0. The summed E-state index contributed by atoms with van der Waals surface area (Å²) in [6, 6.07) is 65.6. The van der Waals surface area contributed by atoms with Crippen molar-refractivity contribution in [2.75, 3.05) is 0 Å². The Morgan fingerprint density at radius 2 is 0.893 bits per heavy atom. The smallest absolute Gasteiger partial charge is 0.165 e. The normalized spacial score (nSPS) is 11.6. The summed E-state index contributed by atoms with van der Waals surface area (Å²) >= 11 is 1.78. The molecule has 0 aliphatic heterocycles. The van der Waals surface area contributed by atoms with Gasteiger partial charge in [0.1, 0.15) is 11.2 Å². The highest BCUT2D eigenvalue weighted by Crippen LogP contribution is 2.41. The third-order valence-electron chi connectivity index (χ3n) is 10.6. The largest absolute Gasteiger partial charge is 0.455 e. The van der Waals surface area contributed by atoms with E-state index in [-0.39, 0.29) is 0 Å². The number of aromatic nitrogens is 3. The molecule has 262 valence electrons. The lowest BCUT2D eigenvalue weighted by atomic mass is 9.97. The molecule has 0 unspecified atom stereocenters. The third-order valence-corrected chi connectivity index (χ3v) is 11.8. The molecule has 0 N–H and O–H groups in total. The molecule has 3 heterocycles. The Balaban J connectivity index is 1.04. The molecule has 3 aromatic heterocycles. The van der Waals surface area contributed by atoms with Crippen LogP contribution in [0.5, 0.6) is 0 Å². The van der Waals surface area contributed by atoms with E-state index in [0.29, 0.717) is 17.5 Å². The van der Waals surface area contributed by atoms with E-state index in [9.17, 15) is 0 Å². The van der Waals surface area contributed by atoms with Crippen LogP contribution in [0.1, 0.15) is 0 Å². The van der Waals surface area contributed by atoms with Crippen LogP contribution in [0.4, 0.5) is 0 Å². The fourth-order valence-corrected chi connectivity index (χ4v) is 9.08. The molecule has 5 heteroatoms. The Labute approximate surface area is 327 Å². The van der Waals surface area contributed by atoms with Crippen molar-refractivity contribution in [3.63, 3.8) is 0 Å². The van der Waals surface area contributed by atoms with E-state index >= 15 is 0 Å². The number of fused-ring (bicyclic) bond motifs is 6. The first-order valence-corrected chi connectivity index (χ1v) is 19.5. The van der Waals surface area contributed by atoms with Crippen molar-refractivity contribution in [2.24, 2.45) is 0 Å². The van der Waals surface area contributed by atoms with E-state index in [1.807, 2.05) is 18.2 Å². The van der Waals surface area contributed by atoms with Crippen LogP contribution in [0.25, 0.3) is 110 Å². The Morgan fingerprint density at radius 3 is 1.75 bits per heavy atom. The van der Waals surface area contributed by atoms with Gasteiger partial charge in [-0.15, -0.1) is 11.3 Å². The predicted octanol–water partition coefficient (Wildman–Crippen LogP) is 14.1. The summed E-state index contributed by atoms with van der Waals surface area (Å²) in [6.45, 7) is 0. The van der Waals surface area contributed by atoms with Crippen molar-refractivity contribution in [1.29, 1.82) is 0 Å². The summed E-state index contributed by atoms with van der Waals surface area (Å²) in [7, 11) is 0. The van der Waals surface area contributed by atoms with Crippen LogP contribution in [0.3, 0.4) is 0 Å². The first-order valence-electron chi connectivity index (χ1n) is 18.7. The van der Waals surface area contributed by atoms with Crippen molar-refractivity contribution >= 4 is 53.4 Å². The Hall–Kier alpha value is -7.21. The first-order chi connectivity index (χ1) is 27.7. The third kappa shape index (κ3) is 5.48. The minimum atomic E-state index is 0.626. The van der Waals surface area contributed by atoms with Gasteiger partial charge in [0.05, 0.1) is 0 Å². The zero-order valence-corrected chi connectivity index (χ0v) is 30.9. The second kappa shape index (κ2) is 13.3. The maximum atomic E-state index is 6.35. The fourth-order valence-electron chi connectivity index (χ4n) is 7.87. The Bertz CT molecular complexity index is 3250. The first kappa shape index (κ1) is 32.2. The van der Waals surface area contributed by atoms with Crippen molar-refractivity contribution in [1.82, 2.24) is 15.0 Å². The number of benzene rings is 8. The van der Waals surface area contributed by atoms with E-state index in [1.54, 1.807) is 11.3 Å². The number of thiophene rings is 1. The monoisotopic (exact) mass is 733 g/mol. The number of para-hydroxylation sites is 2. The summed E-state index contributed by atoms with van der Waals surface area (Å²) < 4.78 is 8.76. The molecule has 0 saturated heterocycles. The van der Waals surface area contributed by atoms with Crippen molar-refractivity contribution in [3.8, 4) is 67.5 Å². The summed E-state index contributed by atoms with van der Waals surface area (Å²) in [6.07, 6.45) is 0. The molecule has 0 fully saturated rings. The van der Waals surface area contributed by atoms with E-state index < -0.39 is 0 Å². The summed E-state index contributed by atoms with van der Waals surface area (Å²) in [5.41, 5.74) is 11.2. The van der Waals surface area contributed by atoms with Gasteiger partial charge >= 0.3 is 0 Å². The number of nitrogens with zero attached hydrogens (tertiary/aromatic N) is 3. The van der Waals surface area contributed by atoms with Gasteiger partial charge in [0.15, 0.2) is 17.5 Å². The van der Waals surface area contributed by atoms with Crippen molar-refractivity contribution < 1.29 is 4.42 Å². The fraction of sp³-hybridized carbons (Fsp3) is 0. The average Bonchev–Trinajstić information content (AvgIpc) is 3.86. The van der Waals surface area contributed by atoms with Crippen LogP contribution >= 0.6 is 11.3 Å². The maximum Gasteiger partial charge on any atom is 0.165 e. The number of hydrogen-bond acceptors (Lipinski definition) is 5. The SMILES string of the molecule is c1ccc(-c2ccccc2-c2nc(-c3cccc(-c4ccc(-c5cccc6c5oc5ccccc56)cc4)c3)nc(-c3cccc4c3sc3ccccc34)n2)cc1. The van der Waals surface area contributed by atoms with Crippen molar-refractivity contribution in [3.05, 3.63) is 188 Å². The Morgan fingerprint density at radius 1 is 0.339 bits per heavy atom. The van der Waals surface area contributed by atoms with E-state index in [1.165, 1.54) is 20.2 Å². The molecular weight excluding hydrogens is 703 g/mol. The molecule has 0 aliphatic carbocycles. The van der Waals surface area contributed by atoms with Gasteiger partial charge in [0.25, 0.3) is 0 Å². The number of hydrogen-bond donors (Lipinski definition) is 0. The van der Waals surface area contributed by atoms with E-state index in [2.05, 4.69) is 170 Å². The van der Waals surface area contributed by atoms with Crippen LogP contribution < -0.4 is 0 Å². The second-order valence-electron chi connectivity index (χ2n) is 13.9. The standard InChI is InChI=1S/C51H31N3OS/c1-2-13-33(14-3-1)37-17-4-5-20-43(37)50-52-49(53-51(54-50)44-24-12-23-42-40-19-7-9-26-46(40)56-48(42)44)36-16-10-15-35(31-36)32-27-29-34(30-28-32)38-21-11-22-41-39-18-6-8-25-45(39)55-47(38)41/h1-31H. The van der Waals surface area contributed by atoms with Gasteiger partial charge in [-0.1, -0.05) is 164 Å². The van der Waals surface area contributed by atoms with Gasteiger partial charge in [-0.25, -0.2) is 15.0 Å². The van der Waals surface area contributed by atoms with Gasteiger partial charge in [-0.2, -0.15) is 0 Å². The minimum Gasteiger partial charge on any atom is -0.455 e. The lowest BCUT2D eigenvalue weighted by Crippen LogP contribution is -2.01. The Kier molecular flexibility index (Phi) is 7.64. The zero-order valence-electron chi connectivity index (χ0n) is 30.1. The van der Waals surface area contributed by atoms with Crippen LogP contribution in [0.15, 0.2) is 192 Å². The molecule has 0 spiro atoms. The highest BCUT2D eigenvalue weighted by Gasteiger charge is 2.19. The maximum absolute atomic E-state index is 6.35. The molecule has 0 aliphatic rings. The summed E-state index contributed by atoms with van der Waals surface area (Å²) in [5, 5.41) is 4.71. The topological polar surface area (TPSA) is 51.8 Å². The van der Waals surface area contributed by atoms with Crippen molar-refractivity contribution in [2.45, 2.75) is 0 Å². The minimum absolute atomic E-state index is 0.626. The molecule has 11 aromatic rings. The highest BCUT2D eigenvalue weighted by molar-refractivity contribution is 7.26. The molecule has 0 amide bonds. The lowest BCUT2D eigenvalue weighted by Gasteiger charge is -2.13. The zero-order chi connectivity index (χ0) is 37.0. The number of rotatable bonds is 6. The highest BCUT2D eigenvalue weighted by atomic mass is 32.1. The molecule has 11 rings (SSSR count). The van der Waals surface area contributed by atoms with E-state index in [0.717, 1.165) is 72.0 Å². The molecule has 0 atom stereocenters. The van der Waals surface area contributed by atoms with Gasteiger partial charge in [0, 0.05) is 53.2 Å². The molecule has 0 bridgehead atoms. The van der Waals surface area contributed by atoms with Crippen LogP contribution in [-0.4, -0.2) is 15.0 Å². The van der Waals surface area contributed by atoms with Gasteiger partial charge in [-0.05, 0) is 52.1 Å². The quantitative estimate of drug-likeness (QED) is 0.171. The molecule has 0 saturated carbocycles. The summed E-state index contributed by atoms with van der Waals surface area (Å²) in [5.74, 6) is 1.91. The van der Waals surface area contributed by atoms with E-state index in [4.69, 9.17) is 19.4 Å². The predicted molar refractivity (Wildman–Crippen MR) is 233 cm³/mol. The van der Waals surface area contributed by atoms with Gasteiger partial charge < -0.3 is 4.42 Å². The average molecular weight is 734 g/mol. The molecule has 8 aromatic carbocycles. The van der Waals surface area contributed by atoms with Gasteiger partial charge in [-0.3, -0.25) is 0 Å². The van der Waals surface area contributed by atoms with Crippen LogP contribution in [0.2, 0.25) is 0 Å².